The van der Waals surface area contributed by atoms with Crippen LogP contribution in [0.1, 0.15) is 47.0 Å². The number of esters is 1. The number of thiophene rings is 1. The van der Waals surface area contributed by atoms with Gasteiger partial charge in [0, 0.05) is 9.35 Å². The van der Waals surface area contributed by atoms with Crippen molar-refractivity contribution >= 4 is 54.3 Å². The Morgan fingerprint density at radius 3 is 2.52 bits per heavy atom. The first kappa shape index (κ1) is 21.8. The van der Waals surface area contributed by atoms with Crippen LogP contribution in [0.3, 0.4) is 0 Å². The van der Waals surface area contributed by atoms with Crippen LogP contribution in [0.2, 0.25) is 0 Å². The minimum Gasteiger partial charge on any atom is -0.462 e. The molecule has 0 radical (unpaired) electrons. The molecule has 10 heteroatoms. The van der Waals surface area contributed by atoms with Gasteiger partial charge in [0.25, 0.3) is 10.0 Å². The lowest BCUT2D eigenvalue weighted by Crippen LogP contribution is -2.34. The van der Waals surface area contributed by atoms with Crippen LogP contribution in [-0.2, 0) is 27.6 Å². The molecule has 0 saturated heterocycles. The minimum atomic E-state index is -4.04. The van der Waals surface area contributed by atoms with Crippen molar-refractivity contribution in [3.05, 3.63) is 44.7 Å². The third kappa shape index (κ3) is 5.18. The van der Waals surface area contributed by atoms with Crippen LogP contribution in [0, 0.1) is 0 Å². The Bertz CT molecular complexity index is 1020. The molecule has 0 atom stereocenters. The van der Waals surface area contributed by atoms with E-state index in [-0.39, 0.29) is 11.5 Å². The fraction of sp³-hybridized carbons (Fsp3) is 0.368. The van der Waals surface area contributed by atoms with Crippen molar-refractivity contribution in [2.45, 2.75) is 43.9 Å². The average molecular weight is 501 g/mol. The highest BCUT2D eigenvalue weighted by Gasteiger charge is 2.27. The number of aryl methyl sites for hydroxylation is 1. The summed E-state index contributed by atoms with van der Waals surface area (Å²) in [5, 5.41) is 2.86. The molecule has 1 aromatic carbocycles. The quantitative estimate of drug-likeness (QED) is 0.465. The number of rotatable bonds is 5. The average Bonchev–Trinajstić information content (AvgIpc) is 2.82. The Labute approximate surface area is 182 Å². The summed E-state index contributed by atoms with van der Waals surface area (Å²) in [6.45, 7) is 1.93. The fourth-order valence-corrected chi connectivity index (χ4v) is 5.62. The zero-order chi connectivity index (χ0) is 21.0. The van der Waals surface area contributed by atoms with Crippen molar-refractivity contribution in [1.82, 2.24) is 4.72 Å². The normalized spacial score (nSPS) is 13.9. The fourth-order valence-electron chi connectivity index (χ4n) is 3.17. The van der Waals surface area contributed by atoms with Crippen LogP contribution < -0.4 is 10.0 Å². The van der Waals surface area contributed by atoms with Crippen LogP contribution in [0.5, 0.6) is 0 Å². The number of carbonyl (C=O) groups is 2. The molecule has 1 aliphatic rings. The van der Waals surface area contributed by atoms with Crippen molar-refractivity contribution in [2.75, 3.05) is 11.9 Å². The largest absolute Gasteiger partial charge is 0.462 e. The van der Waals surface area contributed by atoms with E-state index in [2.05, 4.69) is 21.2 Å². The van der Waals surface area contributed by atoms with E-state index in [1.54, 1.807) is 19.1 Å². The predicted octanol–water partition coefficient (Wildman–Crippen LogP) is 4.47. The minimum absolute atomic E-state index is 0.0385. The highest BCUT2D eigenvalue weighted by atomic mass is 79.9. The summed E-state index contributed by atoms with van der Waals surface area (Å²) in [4.78, 5) is 25.9. The molecule has 1 aromatic heterocycles. The van der Waals surface area contributed by atoms with Crippen LogP contribution in [-0.4, -0.2) is 27.0 Å². The standard InChI is InChI=1S/C19H21BrN2O5S2/c1-2-27-18(23)16-14-6-4-3-5-7-15(14)28-17(16)21-19(24)22-29(25,26)13-10-8-12(20)9-11-13/h8-11H,2-7H2,1H3,(H2,21,22,24). The lowest BCUT2D eigenvalue weighted by Gasteiger charge is -2.10. The smallest absolute Gasteiger partial charge is 0.341 e. The molecule has 0 saturated carbocycles. The van der Waals surface area contributed by atoms with E-state index in [1.807, 2.05) is 4.72 Å². The van der Waals surface area contributed by atoms with E-state index in [9.17, 15) is 18.0 Å². The van der Waals surface area contributed by atoms with Gasteiger partial charge in [-0.3, -0.25) is 5.32 Å². The Morgan fingerprint density at radius 1 is 1.14 bits per heavy atom. The molecule has 2 amide bonds. The third-order valence-corrected chi connectivity index (χ3v) is 7.56. The molecule has 1 heterocycles. The molecule has 2 aromatic rings. The maximum Gasteiger partial charge on any atom is 0.341 e. The van der Waals surface area contributed by atoms with Gasteiger partial charge in [-0.2, -0.15) is 0 Å². The molecule has 2 N–H and O–H groups in total. The van der Waals surface area contributed by atoms with Gasteiger partial charge in [0.1, 0.15) is 5.00 Å². The zero-order valence-corrected chi connectivity index (χ0v) is 19.0. The Hall–Kier alpha value is -1.91. The number of halogens is 1. The number of hydrogen-bond acceptors (Lipinski definition) is 6. The van der Waals surface area contributed by atoms with Gasteiger partial charge >= 0.3 is 12.0 Å². The van der Waals surface area contributed by atoms with E-state index in [0.29, 0.717) is 10.6 Å². The first-order chi connectivity index (χ1) is 13.8. The molecule has 0 bridgehead atoms. The molecule has 0 fully saturated rings. The van der Waals surface area contributed by atoms with Crippen LogP contribution >= 0.6 is 27.3 Å². The topological polar surface area (TPSA) is 102 Å². The number of sulfonamides is 1. The van der Waals surface area contributed by atoms with Crippen molar-refractivity contribution < 1.29 is 22.7 Å². The monoisotopic (exact) mass is 500 g/mol. The number of fused-ring (bicyclic) bond motifs is 1. The van der Waals surface area contributed by atoms with Crippen molar-refractivity contribution in [2.24, 2.45) is 0 Å². The van der Waals surface area contributed by atoms with E-state index in [0.717, 1.165) is 47.0 Å². The molecule has 7 nitrogen and oxygen atoms in total. The summed E-state index contributed by atoms with van der Waals surface area (Å²) in [5.41, 5.74) is 1.24. The Balaban J connectivity index is 1.84. The highest BCUT2D eigenvalue weighted by Crippen LogP contribution is 2.38. The van der Waals surface area contributed by atoms with E-state index in [1.165, 1.54) is 23.5 Å². The summed E-state index contributed by atoms with van der Waals surface area (Å²) in [7, 11) is -4.04. The number of nitrogens with one attached hydrogen (secondary N) is 2. The number of carbonyl (C=O) groups excluding carboxylic acids is 2. The van der Waals surface area contributed by atoms with Gasteiger partial charge in [-0.25, -0.2) is 22.7 Å². The van der Waals surface area contributed by atoms with E-state index >= 15 is 0 Å². The van der Waals surface area contributed by atoms with Gasteiger partial charge in [0.15, 0.2) is 0 Å². The lowest BCUT2D eigenvalue weighted by molar-refractivity contribution is 0.0527. The zero-order valence-electron chi connectivity index (χ0n) is 15.8. The number of hydrogen-bond donors (Lipinski definition) is 2. The molecule has 29 heavy (non-hydrogen) atoms. The lowest BCUT2D eigenvalue weighted by atomic mass is 10.1. The molecular weight excluding hydrogens is 480 g/mol. The highest BCUT2D eigenvalue weighted by molar-refractivity contribution is 9.10. The maximum absolute atomic E-state index is 12.5. The summed E-state index contributed by atoms with van der Waals surface area (Å²) < 4.78 is 32.7. The van der Waals surface area contributed by atoms with Crippen molar-refractivity contribution in [3.8, 4) is 0 Å². The summed E-state index contributed by atoms with van der Waals surface area (Å²) in [6, 6.07) is 4.99. The second-order valence-corrected chi connectivity index (χ2v) is 10.2. The van der Waals surface area contributed by atoms with E-state index < -0.39 is 22.0 Å². The van der Waals surface area contributed by atoms with E-state index in [4.69, 9.17) is 4.74 Å². The predicted molar refractivity (Wildman–Crippen MR) is 115 cm³/mol. The van der Waals surface area contributed by atoms with Crippen LogP contribution in [0.15, 0.2) is 33.6 Å². The first-order valence-corrected chi connectivity index (χ1v) is 12.3. The Morgan fingerprint density at radius 2 is 1.83 bits per heavy atom. The SMILES string of the molecule is CCOC(=O)c1c(NC(=O)NS(=O)(=O)c2ccc(Br)cc2)sc2c1CCCCC2. The molecule has 3 rings (SSSR count). The van der Waals surface area contributed by atoms with Gasteiger partial charge in [0.2, 0.25) is 0 Å². The molecular formula is C19H21BrN2O5S2. The summed E-state index contributed by atoms with van der Waals surface area (Å²) in [5.74, 6) is -0.502. The number of amides is 2. The number of urea groups is 1. The molecule has 156 valence electrons. The van der Waals surface area contributed by atoms with Gasteiger partial charge < -0.3 is 4.74 Å². The summed E-state index contributed by atoms with van der Waals surface area (Å²) in [6.07, 6.45) is 4.62. The number of benzene rings is 1. The van der Waals surface area contributed by atoms with Gasteiger partial charge in [-0.15, -0.1) is 11.3 Å². The maximum atomic E-state index is 12.5. The van der Waals surface area contributed by atoms with Gasteiger partial charge in [-0.1, -0.05) is 22.4 Å². The van der Waals surface area contributed by atoms with Crippen molar-refractivity contribution in [3.63, 3.8) is 0 Å². The van der Waals surface area contributed by atoms with Crippen LogP contribution in [0.25, 0.3) is 0 Å². The summed E-state index contributed by atoms with van der Waals surface area (Å²) >= 11 is 4.55. The number of ether oxygens (including phenoxy) is 1. The van der Waals surface area contributed by atoms with Crippen LogP contribution in [0.4, 0.5) is 9.80 Å². The van der Waals surface area contributed by atoms with Gasteiger partial charge in [-0.05, 0) is 62.4 Å². The van der Waals surface area contributed by atoms with Gasteiger partial charge in [0.05, 0.1) is 17.1 Å². The molecule has 1 aliphatic carbocycles. The number of anilines is 1. The second kappa shape index (κ2) is 9.27. The molecule has 0 unspecified atom stereocenters. The second-order valence-electron chi connectivity index (χ2n) is 6.50. The molecule has 0 aliphatic heterocycles. The molecule has 0 spiro atoms. The first-order valence-electron chi connectivity index (χ1n) is 9.23. The van der Waals surface area contributed by atoms with Crippen molar-refractivity contribution in [1.29, 1.82) is 0 Å². The Kier molecular flexibility index (Phi) is 6.97. The third-order valence-electron chi connectivity index (χ3n) is 4.48.